The first kappa shape index (κ1) is 21.4. The lowest BCUT2D eigenvalue weighted by atomic mass is 9.54. The van der Waals surface area contributed by atoms with Crippen molar-refractivity contribution in [2.24, 2.45) is 11.8 Å². The summed E-state index contributed by atoms with van der Waals surface area (Å²) in [6.07, 6.45) is 0. The number of benzene rings is 3. The Morgan fingerprint density at radius 1 is 0.735 bits per heavy atom. The van der Waals surface area contributed by atoms with Gasteiger partial charge >= 0.3 is 0 Å². The first-order chi connectivity index (χ1) is 16.4. The molecule has 2 bridgehead atoms. The maximum atomic E-state index is 13.7. The summed E-state index contributed by atoms with van der Waals surface area (Å²) in [6.45, 7) is -0.0668. The van der Waals surface area contributed by atoms with E-state index in [2.05, 4.69) is 5.32 Å². The number of imide groups is 1. The summed E-state index contributed by atoms with van der Waals surface area (Å²) < 4.78 is 0. The summed E-state index contributed by atoms with van der Waals surface area (Å²) in [7, 11) is 0. The number of likely N-dealkylation sites (tertiary alicyclic amines) is 1. The van der Waals surface area contributed by atoms with Crippen molar-refractivity contribution in [3.05, 3.63) is 107 Å². The molecule has 1 heterocycles. The summed E-state index contributed by atoms with van der Waals surface area (Å²) in [5.41, 5.74) is 3.88. The molecule has 1 aliphatic heterocycles. The molecule has 170 valence electrons. The van der Waals surface area contributed by atoms with Gasteiger partial charge in [-0.25, -0.2) is 0 Å². The third-order valence-electron chi connectivity index (χ3n) is 7.31. The second-order valence-corrected chi connectivity index (χ2v) is 10.2. The maximum Gasteiger partial charge on any atom is 0.240 e. The lowest BCUT2D eigenvalue weighted by molar-refractivity contribution is -0.143. The van der Waals surface area contributed by atoms with Gasteiger partial charge in [0.05, 0.1) is 11.8 Å². The molecule has 0 radical (unpaired) electrons. The molecule has 3 aromatic carbocycles. The van der Waals surface area contributed by atoms with E-state index in [1.807, 2.05) is 78.9 Å². The molecule has 7 rings (SSSR count). The largest absolute Gasteiger partial charge is 0.350 e. The van der Waals surface area contributed by atoms with Crippen LogP contribution >= 0.6 is 23.2 Å². The number of amides is 3. The van der Waals surface area contributed by atoms with Crippen LogP contribution in [0.4, 0.5) is 0 Å². The highest BCUT2D eigenvalue weighted by atomic mass is 35.5. The lowest BCUT2D eigenvalue weighted by Crippen LogP contribution is -2.57. The molecule has 3 aliphatic carbocycles. The van der Waals surface area contributed by atoms with Crippen molar-refractivity contribution >= 4 is 40.9 Å². The zero-order valence-electron chi connectivity index (χ0n) is 18.0. The van der Waals surface area contributed by atoms with Crippen LogP contribution in [0.15, 0.2) is 78.9 Å². The molecule has 3 aromatic rings. The first-order valence-electron chi connectivity index (χ1n) is 11.1. The van der Waals surface area contributed by atoms with Gasteiger partial charge in [-0.1, -0.05) is 78.9 Å². The molecule has 1 fully saturated rings. The highest BCUT2D eigenvalue weighted by Crippen LogP contribution is 2.69. The number of nitrogens with zero attached hydrogens (tertiary/aromatic N) is 1. The van der Waals surface area contributed by atoms with Crippen LogP contribution in [0.25, 0.3) is 0 Å². The Kier molecular flexibility index (Phi) is 4.67. The van der Waals surface area contributed by atoms with Crippen LogP contribution in [0, 0.1) is 11.8 Å². The number of rotatable bonds is 4. The second-order valence-electron chi connectivity index (χ2n) is 8.99. The van der Waals surface area contributed by atoms with E-state index in [1.54, 1.807) is 0 Å². The highest BCUT2D eigenvalue weighted by molar-refractivity contribution is 6.36. The van der Waals surface area contributed by atoms with Crippen molar-refractivity contribution in [3.63, 3.8) is 0 Å². The Hall–Kier alpha value is -3.15. The number of hydrogen-bond acceptors (Lipinski definition) is 3. The summed E-state index contributed by atoms with van der Waals surface area (Å²) in [6, 6.07) is 24.4. The Morgan fingerprint density at radius 3 is 1.59 bits per heavy atom. The summed E-state index contributed by atoms with van der Waals surface area (Å²) in [5, 5.41) is 2.79. The smallest absolute Gasteiger partial charge is 0.240 e. The average Bonchev–Trinajstić information content (AvgIpc) is 3.12. The van der Waals surface area contributed by atoms with Crippen molar-refractivity contribution in [1.29, 1.82) is 0 Å². The van der Waals surface area contributed by atoms with E-state index >= 15 is 0 Å². The maximum absolute atomic E-state index is 13.7. The van der Waals surface area contributed by atoms with Crippen molar-refractivity contribution in [3.8, 4) is 0 Å². The Labute approximate surface area is 206 Å². The van der Waals surface area contributed by atoms with Crippen LogP contribution in [-0.4, -0.2) is 29.2 Å². The predicted molar refractivity (Wildman–Crippen MR) is 128 cm³/mol. The normalized spacial score (nSPS) is 28.4. The molecule has 2 atom stereocenters. The number of nitrogens with one attached hydrogen (secondary N) is 1. The second kappa shape index (κ2) is 7.42. The van der Waals surface area contributed by atoms with Crippen molar-refractivity contribution in [2.75, 3.05) is 6.54 Å². The fraction of sp³-hybridized carbons (Fsp3) is 0.222. The van der Waals surface area contributed by atoms with E-state index in [4.69, 9.17) is 23.2 Å². The molecule has 5 nitrogen and oxygen atoms in total. The van der Waals surface area contributed by atoms with Gasteiger partial charge < -0.3 is 5.32 Å². The van der Waals surface area contributed by atoms with E-state index < -0.39 is 39.3 Å². The van der Waals surface area contributed by atoms with Gasteiger partial charge in [0.1, 0.15) is 16.3 Å². The third kappa shape index (κ3) is 2.65. The van der Waals surface area contributed by atoms with Gasteiger partial charge in [0.25, 0.3) is 0 Å². The fourth-order valence-corrected chi connectivity index (χ4v) is 6.97. The van der Waals surface area contributed by atoms with Crippen LogP contribution in [0.5, 0.6) is 0 Å². The molecule has 34 heavy (non-hydrogen) atoms. The molecule has 1 saturated heterocycles. The highest BCUT2D eigenvalue weighted by Gasteiger charge is 2.73. The number of halogens is 2. The van der Waals surface area contributed by atoms with Gasteiger partial charge in [0.2, 0.25) is 17.7 Å². The van der Waals surface area contributed by atoms with E-state index in [0.717, 1.165) is 32.7 Å². The topological polar surface area (TPSA) is 66.5 Å². The quantitative estimate of drug-likeness (QED) is 0.445. The summed E-state index contributed by atoms with van der Waals surface area (Å²) in [4.78, 5) is 38.7. The van der Waals surface area contributed by atoms with Gasteiger partial charge in [0.15, 0.2) is 0 Å². The van der Waals surface area contributed by atoms with E-state index in [1.165, 1.54) is 0 Å². The summed E-state index contributed by atoms with van der Waals surface area (Å²) in [5.74, 6) is -3.14. The molecule has 0 aromatic heterocycles. The van der Waals surface area contributed by atoms with Gasteiger partial charge in [-0.3, -0.25) is 19.3 Å². The fourth-order valence-electron chi connectivity index (χ4n) is 5.88. The van der Waals surface area contributed by atoms with E-state index in [-0.39, 0.29) is 6.54 Å². The molecular weight excluding hydrogens is 471 g/mol. The molecule has 7 heteroatoms. The number of carbonyl (C=O) groups is 3. The van der Waals surface area contributed by atoms with Crippen LogP contribution < -0.4 is 5.32 Å². The molecule has 0 saturated carbocycles. The number of carbonyl (C=O) groups excluding carboxylic acids is 3. The zero-order valence-corrected chi connectivity index (χ0v) is 19.5. The van der Waals surface area contributed by atoms with Crippen molar-refractivity contribution < 1.29 is 14.4 Å². The van der Waals surface area contributed by atoms with Crippen LogP contribution in [-0.2, 0) is 30.7 Å². The third-order valence-corrected chi connectivity index (χ3v) is 8.60. The molecule has 0 spiro atoms. The van der Waals surface area contributed by atoms with E-state index in [9.17, 15) is 14.4 Å². The van der Waals surface area contributed by atoms with Crippen LogP contribution in [0.2, 0.25) is 0 Å². The summed E-state index contributed by atoms with van der Waals surface area (Å²) >= 11 is 14.7. The Bertz CT molecular complexity index is 1240. The minimum atomic E-state index is -1.24. The van der Waals surface area contributed by atoms with Gasteiger partial charge in [0, 0.05) is 6.54 Å². The van der Waals surface area contributed by atoms with Gasteiger partial charge in [-0.15, -0.1) is 23.2 Å². The molecule has 3 amide bonds. The minimum Gasteiger partial charge on any atom is -0.350 e. The van der Waals surface area contributed by atoms with Crippen molar-refractivity contribution in [1.82, 2.24) is 10.2 Å². The minimum absolute atomic E-state index is 0.304. The van der Waals surface area contributed by atoms with Gasteiger partial charge in [-0.2, -0.15) is 0 Å². The monoisotopic (exact) mass is 490 g/mol. The Morgan fingerprint density at radius 2 is 1.15 bits per heavy atom. The first-order valence-corrected chi connectivity index (χ1v) is 11.9. The average molecular weight is 491 g/mol. The molecular formula is C27H20Cl2N2O3. The van der Waals surface area contributed by atoms with E-state index in [0.29, 0.717) is 6.54 Å². The van der Waals surface area contributed by atoms with Gasteiger partial charge in [-0.05, 0) is 27.8 Å². The molecule has 1 N–H and O–H groups in total. The predicted octanol–water partition coefficient (Wildman–Crippen LogP) is 3.90. The Balaban J connectivity index is 1.38. The lowest BCUT2D eigenvalue weighted by Gasteiger charge is -2.54. The number of hydrogen-bond donors (Lipinski definition) is 1. The molecule has 0 unspecified atom stereocenters. The standard InChI is InChI=1S/C27H20Cl2N2O3/c28-26-17-10-4-5-11-18(17)27(29,20-13-7-6-12-19(20)26)23-22(26)24(33)31(25(23)34)15-21(32)30-14-16-8-2-1-3-9-16/h1-13,22-23H,14-15H2,(H,30,32)/t22-,23+,26?,27?. The van der Waals surface area contributed by atoms with Crippen LogP contribution in [0.3, 0.4) is 0 Å². The SMILES string of the molecule is O=C(CN1C(=O)[C@@H]2[C@H](C1=O)C1(Cl)c3ccccc3C2(Cl)c2ccccc21)NCc1ccccc1. The zero-order chi connectivity index (χ0) is 23.7. The van der Waals surface area contributed by atoms with Crippen LogP contribution in [0.1, 0.15) is 27.8 Å². The number of alkyl halides is 2. The van der Waals surface area contributed by atoms with Crippen molar-refractivity contribution in [2.45, 2.75) is 16.3 Å². The molecule has 4 aliphatic rings.